The highest BCUT2D eigenvalue weighted by Crippen LogP contribution is 2.30. The quantitative estimate of drug-likeness (QED) is 0.0769. The Morgan fingerprint density at radius 2 is 1.52 bits per heavy atom. The minimum atomic E-state index is -4.36. The first-order valence-electron chi connectivity index (χ1n) is 21.8. The molecule has 63 heavy (non-hydrogen) atoms. The zero-order chi connectivity index (χ0) is 47.9. The van der Waals surface area contributed by atoms with Crippen LogP contribution in [-0.2, 0) is 43.5 Å². The van der Waals surface area contributed by atoms with Gasteiger partial charge in [0.05, 0.1) is 53.6 Å². The molecule has 1 aromatic carbocycles. The lowest BCUT2D eigenvalue weighted by molar-refractivity contribution is -0.148. The van der Waals surface area contributed by atoms with Crippen molar-refractivity contribution >= 4 is 51.3 Å². The maximum Gasteiger partial charge on any atom is 0.312 e. The lowest BCUT2D eigenvalue weighted by Crippen LogP contribution is -2.59. The number of nitrogens with two attached hydrogens (primary N) is 2. The molecule has 1 aromatic rings. The summed E-state index contributed by atoms with van der Waals surface area (Å²) in [5.74, 6) is -3.48. The van der Waals surface area contributed by atoms with Gasteiger partial charge in [0.1, 0.15) is 6.04 Å². The molecule has 1 aliphatic rings. The summed E-state index contributed by atoms with van der Waals surface area (Å²) in [6, 6.07) is 1.27. The molecule has 0 aliphatic carbocycles. The van der Waals surface area contributed by atoms with Crippen LogP contribution in [-0.4, -0.2) is 150 Å². The molecule has 7 amide bonds. The number of hydrogen-bond donors (Lipinski definition) is 6. The Labute approximate surface area is 374 Å². The highest BCUT2D eigenvalue weighted by molar-refractivity contribution is 7.90. The second-order valence-electron chi connectivity index (χ2n) is 17.5. The molecule has 0 aromatic heterocycles. The van der Waals surface area contributed by atoms with E-state index in [-0.39, 0.29) is 65.4 Å². The summed E-state index contributed by atoms with van der Waals surface area (Å²) < 4.78 is 40.6. The number of amides is 7. The number of hydrogen-bond acceptors (Lipinski definition) is 12. The second kappa shape index (κ2) is 25.2. The first-order valence-corrected chi connectivity index (χ1v) is 23.3. The molecule has 0 unspecified atom stereocenters. The number of methoxy groups -OCH3 is 2. The van der Waals surface area contributed by atoms with Gasteiger partial charge in [-0.2, -0.15) is 0 Å². The number of anilines is 1. The Morgan fingerprint density at radius 3 is 2.03 bits per heavy atom. The molecule has 358 valence electrons. The van der Waals surface area contributed by atoms with Gasteiger partial charge in [0.2, 0.25) is 29.5 Å². The fraction of sp³-hybridized carbons (Fsp3) is 0.721. The van der Waals surface area contributed by atoms with Crippen molar-refractivity contribution < 1.29 is 46.7 Å². The Bertz CT molecular complexity index is 1790. The van der Waals surface area contributed by atoms with Gasteiger partial charge in [-0.15, -0.1) is 0 Å². The van der Waals surface area contributed by atoms with Gasteiger partial charge in [0.25, 0.3) is 10.0 Å². The number of urea groups is 1. The summed E-state index contributed by atoms with van der Waals surface area (Å²) in [5.41, 5.74) is 11.2. The summed E-state index contributed by atoms with van der Waals surface area (Å²) in [4.78, 5) is 83.7. The number of carbonyl (C=O) groups excluding carboxylic acids is 6. The molecule has 19 nitrogen and oxygen atoms in total. The highest BCUT2D eigenvalue weighted by Gasteiger charge is 2.43. The predicted molar refractivity (Wildman–Crippen MR) is 240 cm³/mol. The van der Waals surface area contributed by atoms with Crippen LogP contribution in [0.4, 0.5) is 10.5 Å². The van der Waals surface area contributed by atoms with Gasteiger partial charge in [-0.05, 0) is 81.8 Å². The summed E-state index contributed by atoms with van der Waals surface area (Å²) in [6.45, 7) is 13.8. The Morgan fingerprint density at radius 1 is 0.905 bits per heavy atom. The van der Waals surface area contributed by atoms with Crippen LogP contribution in [0.15, 0.2) is 29.2 Å². The van der Waals surface area contributed by atoms with Crippen molar-refractivity contribution in [1.29, 1.82) is 0 Å². The molecule has 0 radical (unpaired) electrons. The van der Waals surface area contributed by atoms with Crippen LogP contribution < -0.4 is 32.1 Å². The minimum absolute atomic E-state index is 0.00545. The summed E-state index contributed by atoms with van der Waals surface area (Å²) >= 11 is 0. The van der Waals surface area contributed by atoms with Crippen LogP contribution in [0, 0.1) is 23.7 Å². The van der Waals surface area contributed by atoms with Gasteiger partial charge in [0.15, 0.2) is 0 Å². The monoisotopic (exact) mass is 910 g/mol. The van der Waals surface area contributed by atoms with Crippen molar-refractivity contribution in [3.63, 3.8) is 0 Å². The molecule has 0 saturated carbocycles. The van der Waals surface area contributed by atoms with E-state index < -0.39 is 76.2 Å². The minimum Gasteiger partial charge on any atom is -0.379 e. The normalized spacial score (nSPS) is 18.2. The largest absolute Gasteiger partial charge is 0.379 e. The van der Waals surface area contributed by atoms with Crippen LogP contribution in [0.5, 0.6) is 0 Å². The molecule has 2 rings (SSSR count). The lowest BCUT2D eigenvalue weighted by atomic mass is 9.89. The van der Waals surface area contributed by atoms with Crippen LogP contribution >= 0.6 is 0 Å². The average Bonchev–Trinajstić information content (AvgIpc) is 3.70. The number of nitrogens with zero attached hydrogens (tertiary/aromatic N) is 3. The van der Waals surface area contributed by atoms with Gasteiger partial charge < -0.3 is 46.7 Å². The number of sulfonamides is 1. The Kier molecular flexibility index (Phi) is 21.9. The van der Waals surface area contributed by atoms with E-state index in [0.717, 1.165) is 0 Å². The van der Waals surface area contributed by atoms with E-state index in [1.807, 2.05) is 60.5 Å². The van der Waals surface area contributed by atoms with Gasteiger partial charge in [-0.1, -0.05) is 54.9 Å². The predicted octanol–water partition coefficient (Wildman–Crippen LogP) is 1.85. The maximum atomic E-state index is 14.3. The van der Waals surface area contributed by atoms with Crippen molar-refractivity contribution in [3.05, 3.63) is 24.3 Å². The molecule has 9 atom stereocenters. The molecule has 20 heteroatoms. The SMILES string of the molecule is CC[C@H](C)[C@@H]([C@@H](CC(=O)N1CCC[C@H]1[C@H](OC)[C@@H](C)C(=O)NS(=O)(=O)c1ccc(NC(=O)[C@@H](N)CCCNC(N)=O)cc1)OC)N(C)C(=O)[C@@H](NC(=O)[C@H](C(C)C)N(C)C)C(C)C. The molecule has 1 aliphatic heterocycles. The van der Waals surface area contributed by atoms with Crippen molar-refractivity contribution in [3.8, 4) is 0 Å². The summed E-state index contributed by atoms with van der Waals surface area (Å²) in [7, 11) is 3.88. The number of rotatable bonds is 25. The molecule has 0 spiro atoms. The van der Waals surface area contributed by atoms with Crippen LogP contribution in [0.3, 0.4) is 0 Å². The van der Waals surface area contributed by atoms with Crippen molar-refractivity contribution in [2.45, 2.75) is 134 Å². The highest BCUT2D eigenvalue weighted by atomic mass is 32.2. The summed E-state index contributed by atoms with van der Waals surface area (Å²) in [5, 5.41) is 8.03. The number of benzene rings is 1. The molecule has 1 saturated heterocycles. The third-order valence-electron chi connectivity index (χ3n) is 11.9. The molecule has 1 heterocycles. The molecular weight excluding hydrogens is 835 g/mol. The van der Waals surface area contributed by atoms with E-state index in [4.69, 9.17) is 20.9 Å². The van der Waals surface area contributed by atoms with Crippen molar-refractivity contribution in [2.24, 2.45) is 35.1 Å². The van der Waals surface area contributed by atoms with Gasteiger partial charge in [-0.3, -0.25) is 28.9 Å². The fourth-order valence-corrected chi connectivity index (χ4v) is 9.38. The molecule has 0 bridgehead atoms. The second-order valence-corrected chi connectivity index (χ2v) is 19.2. The van der Waals surface area contributed by atoms with Gasteiger partial charge in [0, 0.05) is 40.0 Å². The van der Waals surface area contributed by atoms with E-state index in [1.54, 1.807) is 16.8 Å². The van der Waals surface area contributed by atoms with E-state index >= 15 is 0 Å². The standard InChI is InChI=1S/C43H75N9O10S/c1-13-27(6)37(51(10)42(57)35(25(2)3)48-41(56)36(26(4)5)50(8)9)33(61-11)24-34(53)52-23-15-17-32(52)38(62-12)28(7)39(54)49-63(59,60)30-20-18-29(19-21-30)47-40(55)31(44)16-14-22-46-43(45)58/h18-21,25-28,31-33,35-38H,13-17,22-24,44H2,1-12H3,(H,47,55)(H,48,56)(H,49,54)(H3,45,46,58)/t27-,28+,31-,32-,33+,35-,36-,37-,38+/m0/s1. The third-order valence-corrected chi connectivity index (χ3v) is 13.3. The number of carbonyl (C=O) groups is 6. The third kappa shape index (κ3) is 15.4. The lowest BCUT2D eigenvalue weighted by Gasteiger charge is -2.41. The Balaban J connectivity index is 2.21. The van der Waals surface area contributed by atoms with Crippen LogP contribution in [0.1, 0.15) is 87.0 Å². The zero-order valence-electron chi connectivity index (χ0n) is 39.3. The van der Waals surface area contributed by atoms with E-state index in [0.29, 0.717) is 32.2 Å². The van der Waals surface area contributed by atoms with E-state index in [2.05, 4.69) is 20.7 Å². The average molecular weight is 910 g/mol. The first-order chi connectivity index (χ1) is 29.4. The molecular formula is C43H75N9O10S. The molecule has 1 fully saturated rings. The number of nitrogens with one attached hydrogen (secondary N) is 4. The number of primary amides is 1. The van der Waals surface area contributed by atoms with Gasteiger partial charge in [-0.25, -0.2) is 17.9 Å². The van der Waals surface area contributed by atoms with Crippen molar-refractivity contribution in [2.75, 3.05) is 53.8 Å². The Hall–Kier alpha value is -4.37. The summed E-state index contributed by atoms with van der Waals surface area (Å²) in [6.07, 6.45) is 0.794. The number of likely N-dealkylation sites (tertiary alicyclic amines) is 1. The fourth-order valence-electron chi connectivity index (χ4n) is 8.31. The first kappa shape index (κ1) is 54.8. The maximum absolute atomic E-state index is 14.3. The smallest absolute Gasteiger partial charge is 0.312 e. The van der Waals surface area contributed by atoms with Crippen LogP contribution in [0.2, 0.25) is 0 Å². The van der Waals surface area contributed by atoms with E-state index in [1.165, 1.54) is 45.4 Å². The van der Waals surface area contributed by atoms with E-state index in [9.17, 15) is 37.2 Å². The number of ether oxygens (including phenoxy) is 2. The molecule has 8 N–H and O–H groups in total. The topological polar surface area (TPSA) is 265 Å². The number of likely N-dealkylation sites (N-methyl/N-ethyl adjacent to an activating group) is 2. The zero-order valence-corrected chi connectivity index (χ0v) is 40.1. The van der Waals surface area contributed by atoms with Crippen molar-refractivity contribution in [1.82, 2.24) is 30.1 Å². The van der Waals surface area contributed by atoms with Crippen LogP contribution in [0.25, 0.3) is 0 Å². The van der Waals surface area contributed by atoms with Gasteiger partial charge >= 0.3 is 6.03 Å².